The number of methoxy groups -OCH3 is 2. The number of rotatable bonds is 4. The summed E-state index contributed by atoms with van der Waals surface area (Å²) in [5, 5.41) is 30.8. The first-order chi connectivity index (χ1) is 28.6. The van der Waals surface area contributed by atoms with Gasteiger partial charge in [-0.25, -0.2) is 4.79 Å². The van der Waals surface area contributed by atoms with Crippen LogP contribution in [0.25, 0.3) is 11.4 Å². The molecule has 1 amide bonds. The lowest BCUT2D eigenvalue weighted by Crippen LogP contribution is -2.50. The second-order valence-corrected chi connectivity index (χ2v) is 14.8. The second-order valence-electron chi connectivity index (χ2n) is 14.8. The number of carboxylic acid groups (broad SMARTS) is 1. The van der Waals surface area contributed by atoms with Crippen LogP contribution >= 0.6 is 0 Å². The number of aromatic nitrogens is 2. The third-order valence-electron chi connectivity index (χ3n) is 11.4. The smallest absolute Gasteiger partial charge is 0.335 e. The number of para-hydroxylation sites is 4. The monoisotopic (exact) mass is 830 g/mol. The van der Waals surface area contributed by atoms with Crippen molar-refractivity contribution in [2.75, 3.05) is 40.4 Å². The molecular formula is C48H54N4O9. The average Bonchev–Trinajstić information content (AvgIpc) is 3.98. The van der Waals surface area contributed by atoms with Gasteiger partial charge in [0.2, 0.25) is 0 Å². The Morgan fingerprint density at radius 3 is 1.57 bits per heavy atom. The Morgan fingerprint density at radius 1 is 0.623 bits per heavy atom. The van der Waals surface area contributed by atoms with E-state index in [1.807, 2.05) is 35.2 Å². The molecule has 10 rings (SSSR count). The van der Waals surface area contributed by atoms with Crippen molar-refractivity contribution in [2.24, 2.45) is 0 Å². The Morgan fingerprint density at radius 2 is 1.08 bits per heavy atom. The maximum atomic E-state index is 13.0. The molecule has 0 unspecified atom stereocenters. The molecule has 0 bridgehead atoms. The number of phenols is 2. The van der Waals surface area contributed by atoms with E-state index in [1.54, 1.807) is 12.1 Å². The van der Waals surface area contributed by atoms with Crippen LogP contribution in [0.3, 0.4) is 0 Å². The Kier molecular flexibility index (Phi) is 13.0. The SMILES string of the molecule is C.C.COc1cc(C(=O)N2CCC3(CC2)Oc2ccccc2-n2cccc23)ccc1O.COc1cc(C(=O)O)ccc1O.c1ccc2c(c1)OC1(CCNCC1)c1cccn1-2. The van der Waals surface area contributed by atoms with Crippen LogP contribution < -0.4 is 24.3 Å². The normalized spacial score (nSPS) is 15.7. The van der Waals surface area contributed by atoms with Gasteiger partial charge in [0, 0.05) is 56.7 Å². The summed E-state index contributed by atoms with van der Waals surface area (Å²) in [6.07, 6.45) is 7.70. The highest BCUT2D eigenvalue weighted by Crippen LogP contribution is 2.46. The number of ether oxygens (including phenoxy) is 4. The van der Waals surface area contributed by atoms with Crippen LogP contribution in [-0.4, -0.2) is 81.6 Å². The highest BCUT2D eigenvalue weighted by atomic mass is 16.5. The van der Waals surface area contributed by atoms with Gasteiger partial charge in [-0.2, -0.15) is 0 Å². The zero-order valence-corrected chi connectivity index (χ0v) is 32.8. The van der Waals surface area contributed by atoms with E-state index in [4.69, 9.17) is 29.2 Å². The van der Waals surface area contributed by atoms with E-state index >= 15 is 0 Å². The number of fused-ring (bicyclic) bond motifs is 8. The number of amides is 1. The summed E-state index contributed by atoms with van der Waals surface area (Å²) in [7, 11) is 2.84. The summed E-state index contributed by atoms with van der Waals surface area (Å²) in [6, 6.07) is 33.4. The second kappa shape index (κ2) is 18.2. The molecule has 6 heterocycles. The number of aromatic carboxylic acids is 1. The number of carboxylic acids is 1. The number of carbonyl (C=O) groups is 2. The van der Waals surface area contributed by atoms with Crippen LogP contribution in [0, 0.1) is 0 Å². The topological polar surface area (TPSA) is 157 Å². The number of likely N-dealkylation sites (tertiary alicyclic amines) is 1. The van der Waals surface area contributed by atoms with E-state index in [2.05, 4.69) is 69.3 Å². The molecule has 6 aromatic rings. The van der Waals surface area contributed by atoms with Crippen LogP contribution in [0.5, 0.6) is 34.5 Å². The maximum absolute atomic E-state index is 13.0. The highest BCUT2D eigenvalue weighted by molar-refractivity contribution is 5.95. The molecule has 0 atom stereocenters. The Bertz CT molecular complexity index is 2480. The Labute approximate surface area is 356 Å². The predicted molar refractivity (Wildman–Crippen MR) is 233 cm³/mol. The summed E-state index contributed by atoms with van der Waals surface area (Å²) in [5.74, 6) is 1.18. The van der Waals surface area contributed by atoms with Gasteiger partial charge in [-0.05, 0) is 98.0 Å². The van der Waals surface area contributed by atoms with Gasteiger partial charge in [0.1, 0.15) is 11.5 Å². The van der Waals surface area contributed by atoms with Crippen molar-refractivity contribution in [1.82, 2.24) is 19.4 Å². The van der Waals surface area contributed by atoms with Crippen LogP contribution in [-0.2, 0) is 11.2 Å². The van der Waals surface area contributed by atoms with Crippen LogP contribution in [0.2, 0.25) is 0 Å². The molecule has 320 valence electrons. The highest BCUT2D eigenvalue weighted by Gasteiger charge is 2.45. The number of hydrogen-bond donors (Lipinski definition) is 4. The zero-order chi connectivity index (χ0) is 41.1. The average molecular weight is 831 g/mol. The molecule has 0 aliphatic carbocycles. The third-order valence-corrected chi connectivity index (χ3v) is 11.4. The molecule has 4 aliphatic rings. The molecule has 0 saturated carbocycles. The first-order valence-corrected chi connectivity index (χ1v) is 19.5. The lowest BCUT2D eigenvalue weighted by Gasteiger charge is -2.45. The number of nitrogens with zero attached hydrogens (tertiary/aromatic N) is 3. The molecule has 4 aliphatic heterocycles. The molecule has 2 spiro atoms. The number of benzene rings is 4. The Balaban J connectivity index is 0.000000166. The molecule has 2 saturated heterocycles. The summed E-state index contributed by atoms with van der Waals surface area (Å²) in [4.78, 5) is 25.3. The number of aromatic hydroxyl groups is 2. The van der Waals surface area contributed by atoms with Gasteiger partial charge < -0.3 is 53.6 Å². The van der Waals surface area contributed by atoms with Gasteiger partial charge in [0.25, 0.3) is 5.91 Å². The number of phenolic OH excluding ortho intramolecular Hbond substituents is 2. The van der Waals surface area contributed by atoms with Crippen molar-refractivity contribution in [1.29, 1.82) is 0 Å². The minimum atomic E-state index is -1.05. The molecule has 13 heteroatoms. The van der Waals surface area contributed by atoms with E-state index in [1.165, 1.54) is 44.2 Å². The van der Waals surface area contributed by atoms with Crippen molar-refractivity contribution in [2.45, 2.75) is 51.7 Å². The molecule has 61 heavy (non-hydrogen) atoms. The molecule has 2 aromatic heterocycles. The van der Waals surface area contributed by atoms with Gasteiger partial charge in [0.15, 0.2) is 34.2 Å². The van der Waals surface area contributed by atoms with E-state index in [0.29, 0.717) is 37.2 Å². The number of nitrogens with one attached hydrogen (secondary N) is 1. The lowest BCUT2D eigenvalue weighted by atomic mass is 9.86. The van der Waals surface area contributed by atoms with Gasteiger partial charge in [0.05, 0.1) is 42.5 Å². The summed E-state index contributed by atoms with van der Waals surface area (Å²) < 4.78 is 27.2. The van der Waals surface area contributed by atoms with Crippen molar-refractivity contribution >= 4 is 11.9 Å². The largest absolute Gasteiger partial charge is 0.504 e. The van der Waals surface area contributed by atoms with Gasteiger partial charge in [-0.1, -0.05) is 39.1 Å². The molecule has 2 fully saturated rings. The first-order valence-electron chi connectivity index (χ1n) is 19.5. The maximum Gasteiger partial charge on any atom is 0.335 e. The van der Waals surface area contributed by atoms with Crippen molar-refractivity contribution < 1.29 is 43.9 Å². The van der Waals surface area contributed by atoms with Crippen molar-refractivity contribution in [3.05, 3.63) is 144 Å². The molecule has 4 N–H and O–H groups in total. The van der Waals surface area contributed by atoms with Gasteiger partial charge in [-0.3, -0.25) is 4.79 Å². The zero-order valence-electron chi connectivity index (χ0n) is 32.8. The quantitative estimate of drug-likeness (QED) is 0.136. The molecular weight excluding hydrogens is 777 g/mol. The van der Waals surface area contributed by atoms with Crippen molar-refractivity contribution in [3.8, 4) is 45.9 Å². The molecule has 4 aromatic carbocycles. The van der Waals surface area contributed by atoms with Crippen LogP contribution in [0.4, 0.5) is 0 Å². The van der Waals surface area contributed by atoms with E-state index in [9.17, 15) is 14.7 Å². The molecule has 0 radical (unpaired) electrons. The number of carbonyl (C=O) groups excluding carboxylic acids is 1. The molecule has 13 nitrogen and oxygen atoms in total. The fourth-order valence-electron chi connectivity index (χ4n) is 8.36. The summed E-state index contributed by atoms with van der Waals surface area (Å²) >= 11 is 0. The van der Waals surface area contributed by atoms with Crippen molar-refractivity contribution in [3.63, 3.8) is 0 Å². The van der Waals surface area contributed by atoms with Crippen LogP contribution in [0.1, 0.15) is 72.6 Å². The number of piperidine rings is 2. The third kappa shape index (κ3) is 8.33. The summed E-state index contributed by atoms with van der Waals surface area (Å²) in [5.41, 5.74) is 4.66. The van der Waals surface area contributed by atoms with E-state index < -0.39 is 11.6 Å². The Hall–Kier alpha value is -6.86. The minimum absolute atomic E-state index is 0. The van der Waals surface area contributed by atoms with E-state index in [-0.39, 0.29) is 49.2 Å². The fourth-order valence-corrected chi connectivity index (χ4v) is 8.36. The first kappa shape index (κ1) is 43.7. The predicted octanol–water partition coefficient (Wildman–Crippen LogP) is 8.54. The summed E-state index contributed by atoms with van der Waals surface area (Å²) in [6.45, 7) is 3.23. The number of hydrogen-bond acceptors (Lipinski definition) is 9. The van der Waals surface area contributed by atoms with Gasteiger partial charge >= 0.3 is 5.97 Å². The van der Waals surface area contributed by atoms with E-state index in [0.717, 1.165) is 54.5 Å². The minimum Gasteiger partial charge on any atom is -0.504 e. The standard InChI is InChI=1S/C23H22N2O4.C15H16N2O.C8H8O4.2CH4/c1-28-20-15-16(8-9-18(20)26)22(27)24-13-10-23(11-14-24)21-7-4-12-25(21)17-5-2-3-6-19(17)29-23;1-2-5-13-12(4-1)17-11-3-6-14(17)15(18-13)7-9-16-10-8-15;1-12-7-4-5(8(10)11)2-3-6(7)9;;/h2-9,12,15,26H,10-11,13-14H2,1H3;1-6,11,16H,7-10H2;2-4,9H,1H3,(H,10,11);2*1H4. The lowest BCUT2D eigenvalue weighted by molar-refractivity contribution is -0.00932. The van der Waals surface area contributed by atoms with Gasteiger partial charge in [-0.15, -0.1) is 0 Å². The van der Waals surface area contributed by atoms with Crippen LogP contribution in [0.15, 0.2) is 122 Å². The fraction of sp³-hybridized carbons (Fsp3) is 0.292.